The van der Waals surface area contributed by atoms with Crippen LogP contribution < -0.4 is 20.4 Å². The molecule has 8 heteroatoms. The minimum Gasteiger partial charge on any atom is -0.492 e. The van der Waals surface area contributed by atoms with E-state index in [1.807, 2.05) is 30.3 Å². The summed E-state index contributed by atoms with van der Waals surface area (Å²) in [5.41, 5.74) is 9.76. The number of nitrogens with two attached hydrogens (primary N) is 1. The minimum absolute atomic E-state index is 0.349. The van der Waals surface area contributed by atoms with Gasteiger partial charge in [0, 0.05) is 10.8 Å². The highest BCUT2D eigenvalue weighted by Crippen LogP contribution is 2.25. The molecule has 0 saturated carbocycles. The molecular weight excluding hydrogens is 320 g/mol. The van der Waals surface area contributed by atoms with Crippen LogP contribution in [0.25, 0.3) is 22.0 Å². The fraction of sp³-hybridized carbons (Fsp3) is 0.125. The fourth-order valence-electron chi connectivity index (χ4n) is 2.83. The number of aromatic nitrogens is 2. The molecule has 24 heavy (non-hydrogen) atoms. The lowest BCUT2D eigenvalue weighted by atomic mass is 9.77. The third-order valence-electron chi connectivity index (χ3n) is 4.05. The summed E-state index contributed by atoms with van der Waals surface area (Å²) in [5.74, 6) is 0.638. The van der Waals surface area contributed by atoms with Gasteiger partial charge in [0.05, 0.1) is 24.0 Å². The number of anilines is 1. The van der Waals surface area contributed by atoms with E-state index in [2.05, 4.69) is 26.5 Å². The number of hydrogen-bond acceptors (Lipinski definition) is 6. The molecule has 0 amide bonds. The zero-order valence-corrected chi connectivity index (χ0v) is 13.9. The molecule has 116 valence electrons. The van der Waals surface area contributed by atoms with E-state index in [1.54, 1.807) is 0 Å². The molecule has 0 atom stereocenters. The van der Waals surface area contributed by atoms with Gasteiger partial charge in [0.1, 0.15) is 12.4 Å². The third kappa shape index (κ3) is 2.64. The van der Waals surface area contributed by atoms with Crippen LogP contribution in [0.3, 0.4) is 0 Å². The Morgan fingerprint density at radius 3 is 2.96 bits per heavy atom. The standard InChI is InChI=1S/C16H13BN3O3.Al/c18-14-9-19-20-15-8-11(1-3-12(14)15)10-2-4-16-13(7-10)17(21)23-6-5-22-16;/h1,3-4,7-9,21H,5-6H2,(H2,18,20);. The highest BCUT2D eigenvalue weighted by atomic mass is 27.0. The molecule has 0 saturated heterocycles. The molecule has 0 bridgehead atoms. The second-order valence-corrected chi connectivity index (χ2v) is 6.20. The summed E-state index contributed by atoms with van der Waals surface area (Å²) in [6.45, 7) is 0.764. The predicted octanol–water partition coefficient (Wildman–Crippen LogP) is -0.231. The van der Waals surface area contributed by atoms with E-state index in [9.17, 15) is 5.02 Å². The monoisotopic (exact) mass is 333 g/mol. The van der Waals surface area contributed by atoms with Crippen molar-refractivity contribution in [3.05, 3.63) is 36.5 Å². The maximum absolute atomic E-state index is 10.2. The molecule has 0 spiro atoms. The van der Waals surface area contributed by atoms with E-state index in [-0.39, 0.29) is 0 Å². The molecule has 4 rings (SSSR count). The van der Waals surface area contributed by atoms with Gasteiger partial charge in [-0.3, -0.25) is 0 Å². The molecule has 2 aromatic carbocycles. The lowest BCUT2D eigenvalue weighted by Gasteiger charge is -2.14. The van der Waals surface area contributed by atoms with E-state index in [4.69, 9.17) is 15.1 Å². The van der Waals surface area contributed by atoms with Gasteiger partial charge >= 0.3 is 7.12 Å². The second kappa shape index (κ2) is 6.08. The van der Waals surface area contributed by atoms with Gasteiger partial charge in [0.15, 0.2) is 16.3 Å². The van der Waals surface area contributed by atoms with Crippen molar-refractivity contribution in [1.29, 1.82) is 0 Å². The van der Waals surface area contributed by atoms with Crippen LogP contribution in [0.5, 0.6) is 5.75 Å². The molecule has 6 nitrogen and oxygen atoms in total. The smallest absolute Gasteiger partial charge is 0.492 e. The highest BCUT2D eigenvalue weighted by molar-refractivity contribution is 6.61. The molecule has 1 aliphatic heterocycles. The SMILES string of the molecule is Nc1cnnc2cc(-c3cc4c(c[c]3[Al])OCCOB4O)ccc12. The average molecular weight is 333 g/mol. The lowest BCUT2D eigenvalue weighted by Crippen LogP contribution is -2.34. The number of nitrogens with zero attached hydrogens (tertiary/aromatic N) is 2. The van der Waals surface area contributed by atoms with Crippen LogP contribution in [0.15, 0.2) is 36.5 Å². The molecule has 3 aromatic rings. The summed E-state index contributed by atoms with van der Waals surface area (Å²) in [5, 5.41) is 19.1. The Balaban J connectivity index is 1.87. The summed E-state index contributed by atoms with van der Waals surface area (Å²) in [6.07, 6.45) is 1.54. The van der Waals surface area contributed by atoms with Crippen molar-refractivity contribution in [3.63, 3.8) is 0 Å². The van der Waals surface area contributed by atoms with E-state index in [0.717, 1.165) is 26.5 Å². The average Bonchev–Trinajstić information content (AvgIpc) is 2.75. The van der Waals surface area contributed by atoms with Gasteiger partial charge < -0.3 is 20.1 Å². The van der Waals surface area contributed by atoms with Crippen LogP contribution in [-0.4, -0.2) is 51.8 Å². The maximum atomic E-state index is 10.2. The van der Waals surface area contributed by atoms with Crippen LogP contribution >= 0.6 is 0 Å². The zero-order valence-electron chi connectivity index (χ0n) is 12.8. The molecule has 2 radical (unpaired) electrons. The Kier molecular flexibility index (Phi) is 3.91. The number of benzene rings is 2. The summed E-state index contributed by atoms with van der Waals surface area (Å²) in [6, 6.07) is 9.60. The van der Waals surface area contributed by atoms with Crippen molar-refractivity contribution in [1.82, 2.24) is 10.2 Å². The minimum atomic E-state index is -0.997. The van der Waals surface area contributed by atoms with Gasteiger partial charge in [-0.2, -0.15) is 10.2 Å². The van der Waals surface area contributed by atoms with Crippen molar-refractivity contribution in [2.24, 2.45) is 0 Å². The number of rotatable bonds is 1. The number of hydrogen-bond donors (Lipinski definition) is 2. The second-order valence-electron chi connectivity index (χ2n) is 5.58. The first-order valence-electron chi connectivity index (χ1n) is 7.50. The Labute approximate surface area is 147 Å². The number of nitrogen functional groups attached to an aromatic ring is 1. The van der Waals surface area contributed by atoms with E-state index >= 15 is 0 Å². The van der Waals surface area contributed by atoms with Gasteiger partial charge in [0.25, 0.3) is 0 Å². The van der Waals surface area contributed by atoms with Crippen molar-refractivity contribution in [2.45, 2.75) is 0 Å². The van der Waals surface area contributed by atoms with Crippen molar-refractivity contribution in [2.75, 3.05) is 18.9 Å². The first-order chi connectivity index (χ1) is 11.6. The molecule has 0 aliphatic carbocycles. The number of fused-ring (bicyclic) bond motifs is 2. The first-order valence-corrected chi connectivity index (χ1v) is 8.08. The van der Waals surface area contributed by atoms with E-state index in [0.29, 0.717) is 30.1 Å². The Bertz CT molecular complexity index is 938. The van der Waals surface area contributed by atoms with Crippen molar-refractivity contribution >= 4 is 49.9 Å². The molecule has 3 N–H and O–H groups in total. The summed E-state index contributed by atoms with van der Waals surface area (Å²) in [4.78, 5) is 0. The van der Waals surface area contributed by atoms with E-state index in [1.165, 1.54) is 6.20 Å². The maximum Gasteiger partial charge on any atom is 0.495 e. The molecule has 0 unspecified atom stereocenters. The van der Waals surface area contributed by atoms with Gasteiger partial charge in [-0.05, 0) is 29.3 Å². The van der Waals surface area contributed by atoms with Crippen LogP contribution in [0.1, 0.15) is 0 Å². The summed E-state index contributed by atoms with van der Waals surface area (Å²) in [7, 11) is -0.997. The number of ether oxygens (including phenoxy) is 1. The first kappa shape index (κ1) is 15.4. The molecule has 2 heterocycles. The van der Waals surface area contributed by atoms with Gasteiger partial charge in [-0.1, -0.05) is 12.1 Å². The summed E-state index contributed by atoms with van der Waals surface area (Å²) >= 11 is 2.70. The third-order valence-corrected chi connectivity index (χ3v) is 4.52. The molecule has 0 fully saturated rings. The summed E-state index contributed by atoms with van der Waals surface area (Å²) < 4.78 is 11.9. The Hall–Kier alpha value is -2.10. The normalized spacial score (nSPS) is 14.1. The highest BCUT2D eigenvalue weighted by Gasteiger charge is 2.25. The van der Waals surface area contributed by atoms with Crippen LogP contribution in [0, 0.1) is 0 Å². The van der Waals surface area contributed by atoms with Gasteiger partial charge in [-0.15, -0.1) is 4.43 Å². The fourth-order valence-corrected chi connectivity index (χ4v) is 3.23. The van der Waals surface area contributed by atoms with Crippen molar-refractivity contribution < 1.29 is 14.4 Å². The topological polar surface area (TPSA) is 90.5 Å². The van der Waals surface area contributed by atoms with Gasteiger partial charge in [-0.25, -0.2) is 0 Å². The lowest BCUT2D eigenvalue weighted by molar-refractivity contribution is 0.210. The van der Waals surface area contributed by atoms with Crippen molar-refractivity contribution in [3.8, 4) is 16.9 Å². The zero-order chi connectivity index (χ0) is 16.7. The van der Waals surface area contributed by atoms with Crippen LogP contribution in [0.4, 0.5) is 5.69 Å². The molecular formula is C16H13AlBN3O3. The van der Waals surface area contributed by atoms with Crippen LogP contribution in [-0.2, 0) is 4.65 Å². The van der Waals surface area contributed by atoms with Crippen LogP contribution in [0.2, 0.25) is 0 Å². The molecule has 1 aliphatic rings. The van der Waals surface area contributed by atoms with Gasteiger partial charge in [0.2, 0.25) is 0 Å². The largest absolute Gasteiger partial charge is 0.495 e. The Morgan fingerprint density at radius 1 is 1.21 bits per heavy atom. The quantitative estimate of drug-likeness (QED) is 0.598. The predicted molar refractivity (Wildman–Crippen MR) is 93.8 cm³/mol. The molecule has 1 aromatic heterocycles. The van der Waals surface area contributed by atoms with E-state index < -0.39 is 7.12 Å². The Morgan fingerprint density at radius 2 is 2.08 bits per heavy atom.